The SMILES string of the molecule is CN1CCN(c2ccc3cc(NC(=O)CCC(=O)O)ccc3n2)CC1. The zero-order valence-corrected chi connectivity index (χ0v) is 14.2. The largest absolute Gasteiger partial charge is 0.481 e. The number of carboxylic acid groups (broad SMARTS) is 1. The number of rotatable bonds is 5. The van der Waals surface area contributed by atoms with Crippen LogP contribution in [0.2, 0.25) is 0 Å². The molecule has 0 radical (unpaired) electrons. The standard InChI is InChI=1S/C18H22N4O3/c1-21-8-10-22(11-9-21)16-5-2-13-12-14(3-4-15(13)20-16)19-17(23)6-7-18(24)25/h2-5,12H,6-11H2,1H3,(H,19,23)(H,24,25). The molecule has 7 heteroatoms. The van der Waals surface area contributed by atoms with Crippen LogP contribution in [0.1, 0.15) is 12.8 Å². The Hall–Kier alpha value is -2.67. The van der Waals surface area contributed by atoms with E-state index in [1.807, 2.05) is 24.3 Å². The van der Waals surface area contributed by atoms with Crippen LogP contribution in [0.4, 0.5) is 11.5 Å². The third-order valence-corrected chi connectivity index (χ3v) is 4.35. The molecule has 1 amide bonds. The molecular weight excluding hydrogens is 320 g/mol. The molecule has 1 fully saturated rings. The van der Waals surface area contributed by atoms with Gasteiger partial charge in [-0.25, -0.2) is 4.98 Å². The van der Waals surface area contributed by atoms with E-state index in [-0.39, 0.29) is 18.7 Å². The summed E-state index contributed by atoms with van der Waals surface area (Å²) in [4.78, 5) is 31.6. The van der Waals surface area contributed by atoms with Crippen molar-refractivity contribution in [2.75, 3.05) is 43.4 Å². The van der Waals surface area contributed by atoms with Crippen LogP contribution in [0.5, 0.6) is 0 Å². The molecule has 25 heavy (non-hydrogen) atoms. The second kappa shape index (κ2) is 7.48. The lowest BCUT2D eigenvalue weighted by Crippen LogP contribution is -2.44. The van der Waals surface area contributed by atoms with Crippen molar-refractivity contribution >= 4 is 34.3 Å². The van der Waals surface area contributed by atoms with Gasteiger partial charge in [-0.2, -0.15) is 0 Å². The van der Waals surface area contributed by atoms with Crippen LogP contribution >= 0.6 is 0 Å². The van der Waals surface area contributed by atoms with Gasteiger partial charge in [-0.15, -0.1) is 0 Å². The number of aromatic nitrogens is 1. The van der Waals surface area contributed by atoms with Crippen LogP contribution in [0, 0.1) is 0 Å². The van der Waals surface area contributed by atoms with Gasteiger partial charge in [-0.3, -0.25) is 9.59 Å². The number of carboxylic acids is 1. The van der Waals surface area contributed by atoms with Crippen LogP contribution < -0.4 is 10.2 Å². The monoisotopic (exact) mass is 342 g/mol. The minimum Gasteiger partial charge on any atom is -0.481 e. The Morgan fingerprint density at radius 1 is 1.12 bits per heavy atom. The molecule has 1 aliphatic heterocycles. The van der Waals surface area contributed by atoms with Crippen LogP contribution in [0.15, 0.2) is 30.3 Å². The van der Waals surface area contributed by atoms with Crippen molar-refractivity contribution in [2.45, 2.75) is 12.8 Å². The van der Waals surface area contributed by atoms with Crippen LogP contribution in [0.3, 0.4) is 0 Å². The summed E-state index contributed by atoms with van der Waals surface area (Å²) >= 11 is 0. The first-order valence-corrected chi connectivity index (χ1v) is 8.37. The highest BCUT2D eigenvalue weighted by atomic mass is 16.4. The first-order chi connectivity index (χ1) is 12.0. The number of nitrogens with zero attached hydrogens (tertiary/aromatic N) is 3. The highest BCUT2D eigenvalue weighted by molar-refractivity contribution is 5.95. The van der Waals surface area contributed by atoms with Crippen molar-refractivity contribution in [3.8, 4) is 0 Å². The second-order valence-corrected chi connectivity index (χ2v) is 6.31. The highest BCUT2D eigenvalue weighted by Gasteiger charge is 2.15. The van der Waals surface area contributed by atoms with E-state index in [0.29, 0.717) is 5.69 Å². The van der Waals surface area contributed by atoms with Crippen molar-refractivity contribution < 1.29 is 14.7 Å². The molecule has 0 spiro atoms. The average Bonchev–Trinajstić information content (AvgIpc) is 2.60. The van der Waals surface area contributed by atoms with Gasteiger partial charge < -0.3 is 20.2 Å². The zero-order valence-electron chi connectivity index (χ0n) is 14.2. The first-order valence-electron chi connectivity index (χ1n) is 8.37. The molecule has 132 valence electrons. The highest BCUT2D eigenvalue weighted by Crippen LogP contribution is 2.22. The van der Waals surface area contributed by atoms with Gasteiger partial charge in [-0.05, 0) is 37.4 Å². The number of nitrogens with one attached hydrogen (secondary N) is 1. The van der Waals surface area contributed by atoms with Gasteiger partial charge in [0, 0.05) is 43.7 Å². The molecule has 0 bridgehead atoms. The number of carbonyl (C=O) groups is 2. The molecule has 7 nitrogen and oxygen atoms in total. The summed E-state index contributed by atoms with van der Waals surface area (Å²) in [7, 11) is 2.12. The number of amides is 1. The zero-order chi connectivity index (χ0) is 17.8. The molecule has 2 N–H and O–H groups in total. The van der Waals surface area contributed by atoms with Gasteiger partial charge in [0.1, 0.15) is 5.82 Å². The maximum absolute atomic E-state index is 11.7. The summed E-state index contributed by atoms with van der Waals surface area (Å²) in [6, 6.07) is 9.53. The van der Waals surface area contributed by atoms with E-state index >= 15 is 0 Å². The number of fused-ring (bicyclic) bond motifs is 1. The van der Waals surface area contributed by atoms with E-state index in [1.165, 1.54) is 0 Å². The van der Waals surface area contributed by atoms with Crippen molar-refractivity contribution in [1.29, 1.82) is 0 Å². The molecule has 1 saturated heterocycles. The molecule has 3 rings (SSSR count). The van der Waals surface area contributed by atoms with E-state index in [9.17, 15) is 9.59 Å². The number of anilines is 2. The molecule has 0 unspecified atom stereocenters. The quantitative estimate of drug-likeness (QED) is 0.862. The van der Waals surface area contributed by atoms with E-state index in [1.54, 1.807) is 6.07 Å². The fourth-order valence-electron chi connectivity index (χ4n) is 2.85. The number of likely N-dealkylation sites (N-methyl/N-ethyl adjacent to an activating group) is 1. The van der Waals surface area contributed by atoms with Crippen molar-refractivity contribution in [2.24, 2.45) is 0 Å². The van der Waals surface area contributed by atoms with E-state index in [2.05, 4.69) is 22.2 Å². The summed E-state index contributed by atoms with van der Waals surface area (Å²) in [5.41, 5.74) is 1.52. The Balaban J connectivity index is 1.70. The second-order valence-electron chi connectivity index (χ2n) is 6.31. The molecular formula is C18H22N4O3. The van der Waals surface area contributed by atoms with Crippen molar-refractivity contribution in [1.82, 2.24) is 9.88 Å². The Bertz CT molecular complexity index is 785. The maximum Gasteiger partial charge on any atom is 0.303 e. The predicted octanol–water partition coefficient (Wildman–Crippen LogP) is 1.79. The van der Waals surface area contributed by atoms with Crippen LogP contribution in [0.25, 0.3) is 10.9 Å². The topological polar surface area (TPSA) is 85.8 Å². The van der Waals surface area contributed by atoms with Gasteiger partial charge in [-0.1, -0.05) is 0 Å². The van der Waals surface area contributed by atoms with Gasteiger partial charge in [0.2, 0.25) is 5.91 Å². The Morgan fingerprint density at radius 3 is 2.60 bits per heavy atom. The number of hydrogen-bond donors (Lipinski definition) is 2. The minimum absolute atomic E-state index is 0.0338. The predicted molar refractivity (Wildman–Crippen MR) is 97.0 cm³/mol. The Morgan fingerprint density at radius 2 is 1.88 bits per heavy atom. The summed E-state index contributed by atoms with van der Waals surface area (Å²) in [5, 5.41) is 12.3. The molecule has 0 atom stereocenters. The van der Waals surface area contributed by atoms with E-state index in [0.717, 1.165) is 42.9 Å². The van der Waals surface area contributed by atoms with Gasteiger partial charge in [0.05, 0.1) is 11.9 Å². The number of aliphatic carboxylic acids is 1. The third kappa shape index (κ3) is 4.45. The molecule has 2 aromatic rings. The maximum atomic E-state index is 11.7. The number of piperazine rings is 1. The summed E-state index contributed by atoms with van der Waals surface area (Å²) in [5.74, 6) is -0.308. The van der Waals surface area contributed by atoms with Crippen LogP contribution in [-0.4, -0.2) is 60.1 Å². The molecule has 1 aromatic carbocycles. The van der Waals surface area contributed by atoms with Gasteiger partial charge in [0.25, 0.3) is 0 Å². The summed E-state index contributed by atoms with van der Waals surface area (Å²) in [6.07, 6.45) is -0.205. The number of carbonyl (C=O) groups excluding carboxylic acids is 1. The first kappa shape index (κ1) is 17.2. The lowest BCUT2D eigenvalue weighted by molar-refractivity contribution is -0.138. The van der Waals surface area contributed by atoms with Gasteiger partial charge >= 0.3 is 5.97 Å². The molecule has 1 aliphatic rings. The molecule has 0 aliphatic carbocycles. The van der Waals surface area contributed by atoms with E-state index < -0.39 is 5.97 Å². The number of hydrogen-bond acceptors (Lipinski definition) is 5. The fourth-order valence-corrected chi connectivity index (χ4v) is 2.85. The summed E-state index contributed by atoms with van der Waals surface area (Å²) < 4.78 is 0. The average molecular weight is 342 g/mol. The van der Waals surface area contributed by atoms with Gasteiger partial charge in [0.15, 0.2) is 0 Å². The summed E-state index contributed by atoms with van der Waals surface area (Å²) in [6.45, 7) is 3.99. The number of pyridine rings is 1. The molecule has 2 heterocycles. The van der Waals surface area contributed by atoms with Crippen LogP contribution in [-0.2, 0) is 9.59 Å². The third-order valence-electron chi connectivity index (χ3n) is 4.35. The fraction of sp³-hybridized carbons (Fsp3) is 0.389. The normalized spacial score (nSPS) is 15.3. The van der Waals surface area contributed by atoms with E-state index in [4.69, 9.17) is 10.1 Å². The van der Waals surface area contributed by atoms with Crippen molar-refractivity contribution in [3.05, 3.63) is 30.3 Å². The minimum atomic E-state index is -0.978. The Kier molecular flexibility index (Phi) is 5.14. The lowest BCUT2D eigenvalue weighted by Gasteiger charge is -2.33. The lowest BCUT2D eigenvalue weighted by atomic mass is 10.2. The van der Waals surface area contributed by atoms with Crippen molar-refractivity contribution in [3.63, 3.8) is 0 Å². The number of benzene rings is 1. The Labute approximate surface area is 146 Å². The molecule has 0 saturated carbocycles. The smallest absolute Gasteiger partial charge is 0.303 e. The molecule has 1 aromatic heterocycles.